The Bertz CT molecular complexity index is 684. The van der Waals surface area contributed by atoms with E-state index in [1.165, 1.54) is 7.05 Å². The van der Waals surface area contributed by atoms with Gasteiger partial charge in [0.25, 0.3) is 0 Å². The van der Waals surface area contributed by atoms with Crippen LogP contribution in [0.4, 0.5) is 18.9 Å². The van der Waals surface area contributed by atoms with Gasteiger partial charge < -0.3 is 9.88 Å². The number of benzene rings is 1. The molecular weight excluding hydrogens is 317 g/mol. The molecule has 1 heterocycles. The van der Waals surface area contributed by atoms with Crippen molar-refractivity contribution in [3.8, 4) is 0 Å². The van der Waals surface area contributed by atoms with Crippen molar-refractivity contribution in [1.82, 2.24) is 14.8 Å². The topological polar surface area (TPSA) is 59.8 Å². The Kier molecular flexibility index (Phi) is 4.74. The fraction of sp³-hybridized carbons (Fsp3) is 0.308. The van der Waals surface area contributed by atoms with Gasteiger partial charge in [-0.15, -0.1) is 10.2 Å². The standard InChI is InChI=1S/C13H13F3N4OS/c1-8-5-3-4-6-9(8)17-10(21)7-22-12-19-18-11(20(12)2)13(14,15)16/h3-6H,7H2,1-2H3,(H,17,21). The number of aryl methyl sites for hydroxylation is 1. The zero-order valence-electron chi connectivity index (χ0n) is 11.8. The molecule has 9 heteroatoms. The van der Waals surface area contributed by atoms with Gasteiger partial charge in [-0.25, -0.2) is 0 Å². The molecule has 0 aliphatic rings. The Balaban J connectivity index is 1.98. The molecule has 0 unspecified atom stereocenters. The predicted octanol–water partition coefficient (Wildman–Crippen LogP) is 2.87. The Morgan fingerprint density at radius 2 is 2.00 bits per heavy atom. The number of alkyl halides is 3. The Hall–Kier alpha value is -2.03. The number of hydrogen-bond acceptors (Lipinski definition) is 4. The summed E-state index contributed by atoms with van der Waals surface area (Å²) in [5, 5.41) is 9.29. The van der Waals surface area contributed by atoms with Crippen molar-refractivity contribution in [2.24, 2.45) is 7.05 Å². The van der Waals surface area contributed by atoms with Crippen molar-refractivity contribution >= 4 is 23.4 Å². The molecule has 0 aliphatic heterocycles. The van der Waals surface area contributed by atoms with Crippen LogP contribution in [0.15, 0.2) is 29.4 Å². The van der Waals surface area contributed by atoms with Gasteiger partial charge in [-0.3, -0.25) is 4.79 Å². The summed E-state index contributed by atoms with van der Waals surface area (Å²) in [5.74, 6) is -1.47. The molecule has 22 heavy (non-hydrogen) atoms. The second kappa shape index (κ2) is 6.39. The highest BCUT2D eigenvalue weighted by atomic mass is 32.2. The third kappa shape index (κ3) is 3.79. The first-order valence-electron chi connectivity index (χ1n) is 6.24. The summed E-state index contributed by atoms with van der Waals surface area (Å²) in [4.78, 5) is 11.8. The molecule has 2 aromatic rings. The van der Waals surface area contributed by atoms with E-state index in [9.17, 15) is 18.0 Å². The van der Waals surface area contributed by atoms with Crippen molar-refractivity contribution in [2.75, 3.05) is 11.1 Å². The van der Waals surface area contributed by atoms with Gasteiger partial charge in [0.1, 0.15) is 0 Å². The summed E-state index contributed by atoms with van der Waals surface area (Å²) in [7, 11) is 1.21. The summed E-state index contributed by atoms with van der Waals surface area (Å²) in [6.07, 6.45) is -4.57. The van der Waals surface area contributed by atoms with Crippen LogP contribution in [0.5, 0.6) is 0 Å². The molecule has 0 aliphatic carbocycles. The van der Waals surface area contributed by atoms with Crippen LogP contribution in [0.2, 0.25) is 0 Å². The lowest BCUT2D eigenvalue weighted by Crippen LogP contribution is -2.16. The van der Waals surface area contributed by atoms with Gasteiger partial charge >= 0.3 is 6.18 Å². The molecule has 1 amide bonds. The monoisotopic (exact) mass is 330 g/mol. The lowest BCUT2D eigenvalue weighted by Gasteiger charge is -2.08. The zero-order valence-corrected chi connectivity index (χ0v) is 12.6. The molecule has 0 saturated carbocycles. The SMILES string of the molecule is Cc1ccccc1NC(=O)CSc1nnc(C(F)(F)F)n1C. The molecule has 1 aromatic heterocycles. The van der Waals surface area contributed by atoms with Crippen LogP contribution >= 0.6 is 11.8 Å². The van der Waals surface area contributed by atoms with Crippen molar-refractivity contribution in [1.29, 1.82) is 0 Å². The van der Waals surface area contributed by atoms with Crippen LogP contribution in [0.3, 0.4) is 0 Å². The molecule has 0 atom stereocenters. The Morgan fingerprint density at radius 3 is 2.59 bits per heavy atom. The van der Waals surface area contributed by atoms with Gasteiger partial charge in [-0.1, -0.05) is 30.0 Å². The number of carbonyl (C=O) groups is 1. The number of nitrogens with zero attached hydrogens (tertiary/aromatic N) is 3. The van der Waals surface area contributed by atoms with Crippen LogP contribution in [-0.4, -0.2) is 26.4 Å². The first-order chi connectivity index (χ1) is 10.3. The number of amides is 1. The van der Waals surface area contributed by atoms with E-state index in [4.69, 9.17) is 0 Å². The van der Waals surface area contributed by atoms with Crippen LogP contribution < -0.4 is 5.32 Å². The highest BCUT2D eigenvalue weighted by molar-refractivity contribution is 7.99. The number of rotatable bonds is 4. The van der Waals surface area contributed by atoms with Crippen molar-refractivity contribution in [2.45, 2.75) is 18.3 Å². The molecule has 5 nitrogen and oxygen atoms in total. The number of hydrogen-bond donors (Lipinski definition) is 1. The first kappa shape index (κ1) is 16.3. The molecule has 118 valence electrons. The van der Waals surface area contributed by atoms with E-state index in [0.29, 0.717) is 5.69 Å². The van der Waals surface area contributed by atoms with E-state index in [-0.39, 0.29) is 16.8 Å². The minimum Gasteiger partial charge on any atom is -0.325 e. The van der Waals surface area contributed by atoms with Crippen LogP contribution in [0, 0.1) is 6.92 Å². The molecule has 0 saturated heterocycles. The Morgan fingerprint density at radius 1 is 1.32 bits per heavy atom. The summed E-state index contributed by atoms with van der Waals surface area (Å²) in [6, 6.07) is 7.23. The van der Waals surface area contributed by atoms with Gasteiger partial charge in [0.2, 0.25) is 11.7 Å². The number of aromatic nitrogens is 3. The summed E-state index contributed by atoms with van der Waals surface area (Å²) >= 11 is 0.895. The summed E-state index contributed by atoms with van der Waals surface area (Å²) in [5.41, 5.74) is 1.57. The van der Waals surface area contributed by atoms with Crippen LogP contribution in [0.1, 0.15) is 11.4 Å². The van der Waals surface area contributed by atoms with E-state index in [1.807, 2.05) is 19.1 Å². The Labute approximate surface area is 128 Å². The second-order valence-corrected chi connectivity index (χ2v) is 5.46. The quantitative estimate of drug-likeness (QED) is 0.876. The van der Waals surface area contributed by atoms with E-state index in [1.54, 1.807) is 12.1 Å². The fourth-order valence-corrected chi connectivity index (χ4v) is 2.43. The normalized spacial score (nSPS) is 11.5. The molecule has 0 bridgehead atoms. The average molecular weight is 330 g/mol. The van der Waals surface area contributed by atoms with Crippen molar-refractivity contribution < 1.29 is 18.0 Å². The lowest BCUT2D eigenvalue weighted by molar-refractivity contribution is -0.147. The van der Waals surface area contributed by atoms with E-state index in [2.05, 4.69) is 15.5 Å². The van der Waals surface area contributed by atoms with Crippen molar-refractivity contribution in [3.05, 3.63) is 35.7 Å². The summed E-state index contributed by atoms with van der Waals surface area (Å²) < 4.78 is 38.6. The predicted molar refractivity (Wildman–Crippen MR) is 76.5 cm³/mol. The van der Waals surface area contributed by atoms with Gasteiger partial charge in [0.15, 0.2) is 5.16 Å². The van der Waals surface area contributed by atoms with Gasteiger partial charge in [-0.2, -0.15) is 13.2 Å². The van der Waals surface area contributed by atoms with Crippen molar-refractivity contribution in [3.63, 3.8) is 0 Å². The second-order valence-electron chi connectivity index (χ2n) is 4.51. The minimum atomic E-state index is -4.57. The van der Waals surface area contributed by atoms with Crippen LogP contribution in [0.25, 0.3) is 0 Å². The maximum Gasteiger partial charge on any atom is 0.451 e. The molecule has 1 N–H and O–H groups in total. The number of nitrogens with one attached hydrogen (secondary N) is 1. The fourth-order valence-electron chi connectivity index (χ4n) is 1.72. The third-order valence-corrected chi connectivity index (χ3v) is 3.86. The summed E-state index contributed by atoms with van der Waals surface area (Å²) in [6.45, 7) is 1.85. The molecule has 0 fully saturated rings. The van der Waals surface area contributed by atoms with E-state index >= 15 is 0 Å². The average Bonchev–Trinajstić information content (AvgIpc) is 2.80. The maximum absolute atomic E-state index is 12.6. The molecule has 0 radical (unpaired) electrons. The third-order valence-electron chi connectivity index (χ3n) is 2.84. The highest BCUT2D eigenvalue weighted by Gasteiger charge is 2.37. The van der Waals surface area contributed by atoms with Gasteiger partial charge in [0, 0.05) is 12.7 Å². The van der Waals surface area contributed by atoms with E-state index in [0.717, 1.165) is 21.9 Å². The molecule has 2 rings (SSSR count). The number of para-hydroxylation sites is 1. The highest BCUT2D eigenvalue weighted by Crippen LogP contribution is 2.29. The number of halogens is 3. The van der Waals surface area contributed by atoms with Crippen LogP contribution in [-0.2, 0) is 18.0 Å². The molecule has 1 aromatic carbocycles. The molecular formula is C13H13F3N4OS. The largest absolute Gasteiger partial charge is 0.451 e. The number of thioether (sulfide) groups is 1. The first-order valence-corrected chi connectivity index (χ1v) is 7.22. The maximum atomic E-state index is 12.6. The van der Waals surface area contributed by atoms with Gasteiger partial charge in [-0.05, 0) is 18.6 Å². The number of carbonyl (C=O) groups excluding carboxylic acids is 1. The van der Waals surface area contributed by atoms with E-state index < -0.39 is 12.0 Å². The zero-order chi connectivity index (χ0) is 16.3. The van der Waals surface area contributed by atoms with Gasteiger partial charge in [0.05, 0.1) is 5.75 Å². The minimum absolute atomic E-state index is 0.0345. The number of anilines is 1. The molecule has 0 spiro atoms. The smallest absolute Gasteiger partial charge is 0.325 e. The lowest BCUT2D eigenvalue weighted by atomic mass is 10.2.